The highest BCUT2D eigenvalue weighted by Crippen LogP contribution is 2.22. The van der Waals surface area contributed by atoms with Crippen LogP contribution in [0.2, 0.25) is 0 Å². The lowest BCUT2D eigenvalue weighted by atomic mass is 10.1. The molecule has 0 aliphatic carbocycles. The lowest BCUT2D eigenvalue weighted by molar-refractivity contribution is -0.138. The molecule has 3 N–H and O–H groups in total. The number of carboxylic acids is 2. The number of nitrogens with one attached hydrogen (secondary N) is 1. The molecule has 1 aliphatic rings. The summed E-state index contributed by atoms with van der Waals surface area (Å²) in [6.45, 7) is 2.79. The number of hydrogen-bond acceptors (Lipinski definition) is 9. The van der Waals surface area contributed by atoms with Gasteiger partial charge in [0.2, 0.25) is 5.91 Å². The van der Waals surface area contributed by atoms with E-state index in [0.717, 1.165) is 11.8 Å². The Morgan fingerprint density at radius 3 is 2.28 bits per heavy atom. The fraction of sp³-hybridized carbons (Fsp3) is 0.400. The topological polar surface area (TPSA) is 179 Å². The van der Waals surface area contributed by atoms with Gasteiger partial charge in [-0.2, -0.15) is 0 Å². The van der Waals surface area contributed by atoms with E-state index in [4.69, 9.17) is 9.84 Å². The van der Waals surface area contributed by atoms with Crippen LogP contribution in [0, 0.1) is 0 Å². The first-order chi connectivity index (χ1) is 18.7. The molecule has 1 saturated heterocycles. The molecule has 1 aromatic carbocycles. The maximum absolute atomic E-state index is 13.3. The summed E-state index contributed by atoms with van der Waals surface area (Å²) in [5, 5.41) is 21.1. The van der Waals surface area contributed by atoms with Crippen LogP contribution in [0.15, 0.2) is 41.4 Å². The molecule has 1 fully saturated rings. The minimum atomic E-state index is -1.16. The molecule has 0 radical (unpaired) electrons. The number of carbonyl (C=O) groups is 5. The van der Waals surface area contributed by atoms with Crippen molar-refractivity contribution in [2.45, 2.75) is 30.8 Å². The predicted molar refractivity (Wildman–Crippen MR) is 139 cm³/mol. The van der Waals surface area contributed by atoms with Crippen LogP contribution in [-0.2, 0) is 19.1 Å². The number of piperazine rings is 1. The smallest absolute Gasteiger partial charge is 0.409 e. The fourth-order valence-corrected chi connectivity index (χ4v) is 4.39. The molecule has 1 unspecified atom stereocenters. The van der Waals surface area contributed by atoms with Gasteiger partial charge in [-0.15, -0.1) is 0 Å². The number of nitrogens with zero attached hydrogens (tertiary/aromatic N) is 4. The summed E-state index contributed by atoms with van der Waals surface area (Å²) >= 11 is 0.911. The van der Waals surface area contributed by atoms with E-state index in [1.807, 2.05) is 0 Å². The third kappa shape index (κ3) is 8.67. The SMILES string of the molecule is CCOC(=O)N1CCN(C(=O)C(CCC(=O)O)NC(=O)c2cc(SCC(=O)O)nc(-c3ccccc3)n2)CC1. The maximum atomic E-state index is 13.3. The molecule has 1 atom stereocenters. The Labute approximate surface area is 228 Å². The van der Waals surface area contributed by atoms with Crippen molar-refractivity contribution in [2.75, 3.05) is 38.5 Å². The van der Waals surface area contributed by atoms with Crippen LogP contribution in [0.3, 0.4) is 0 Å². The van der Waals surface area contributed by atoms with Crippen molar-refractivity contribution in [2.24, 2.45) is 0 Å². The molecule has 2 heterocycles. The summed E-state index contributed by atoms with van der Waals surface area (Å²) in [5.41, 5.74) is 0.499. The van der Waals surface area contributed by atoms with Crippen LogP contribution in [0.1, 0.15) is 30.3 Å². The highest BCUT2D eigenvalue weighted by molar-refractivity contribution is 7.99. The summed E-state index contributed by atoms with van der Waals surface area (Å²) in [4.78, 5) is 72.4. The Balaban J connectivity index is 1.80. The molecule has 0 bridgehead atoms. The molecule has 0 saturated carbocycles. The summed E-state index contributed by atoms with van der Waals surface area (Å²) in [6.07, 6.45) is -0.997. The van der Waals surface area contributed by atoms with Crippen molar-refractivity contribution < 1.29 is 38.9 Å². The number of amides is 3. The van der Waals surface area contributed by atoms with Gasteiger partial charge in [-0.25, -0.2) is 14.8 Å². The Bertz CT molecular complexity index is 1200. The number of ether oxygens (including phenoxy) is 1. The van der Waals surface area contributed by atoms with Gasteiger partial charge in [0, 0.05) is 44.2 Å². The Morgan fingerprint density at radius 2 is 1.67 bits per heavy atom. The van der Waals surface area contributed by atoms with E-state index in [0.29, 0.717) is 5.56 Å². The van der Waals surface area contributed by atoms with Crippen LogP contribution in [0.25, 0.3) is 11.4 Å². The van der Waals surface area contributed by atoms with Gasteiger partial charge in [0.1, 0.15) is 16.8 Å². The second kappa shape index (κ2) is 14.1. The van der Waals surface area contributed by atoms with Crippen LogP contribution in [-0.4, -0.2) is 104 Å². The Morgan fingerprint density at radius 1 is 1.00 bits per heavy atom. The first kappa shape index (κ1) is 29.4. The van der Waals surface area contributed by atoms with Crippen molar-refractivity contribution in [1.82, 2.24) is 25.1 Å². The summed E-state index contributed by atoms with van der Waals surface area (Å²) in [6, 6.07) is 8.95. The van der Waals surface area contributed by atoms with Crippen LogP contribution in [0.5, 0.6) is 0 Å². The Kier molecular flexibility index (Phi) is 10.6. The minimum Gasteiger partial charge on any atom is -0.481 e. The lowest BCUT2D eigenvalue weighted by Crippen LogP contribution is -2.56. The molecule has 208 valence electrons. The third-order valence-electron chi connectivity index (χ3n) is 5.68. The van der Waals surface area contributed by atoms with Crippen LogP contribution >= 0.6 is 11.8 Å². The van der Waals surface area contributed by atoms with E-state index in [2.05, 4.69) is 15.3 Å². The quantitative estimate of drug-likeness (QED) is 0.269. The van der Waals surface area contributed by atoms with Gasteiger partial charge < -0.3 is 30.1 Å². The van der Waals surface area contributed by atoms with E-state index in [1.165, 1.54) is 15.9 Å². The normalized spacial score (nSPS) is 13.9. The third-order valence-corrected chi connectivity index (χ3v) is 6.57. The van der Waals surface area contributed by atoms with E-state index >= 15 is 0 Å². The number of aromatic nitrogens is 2. The molecule has 39 heavy (non-hydrogen) atoms. The van der Waals surface area contributed by atoms with Crippen LogP contribution in [0.4, 0.5) is 4.79 Å². The average Bonchev–Trinajstić information content (AvgIpc) is 2.94. The molecular formula is C25H29N5O8S. The van der Waals surface area contributed by atoms with Gasteiger partial charge >= 0.3 is 18.0 Å². The van der Waals surface area contributed by atoms with Gasteiger partial charge in [-0.1, -0.05) is 42.1 Å². The Hall–Kier alpha value is -4.20. The van der Waals surface area contributed by atoms with Gasteiger partial charge in [0.15, 0.2) is 5.82 Å². The first-order valence-corrected chi connectivity index (χ1v) is 13.2. The summed E-state index contributed by atoms with van der Waals surface area (Å²) in [5.74, 6) is -3.50. The standard InChI is InChI=1S/C25H29N5O8S/c1-2-38-25(37)30-12-10-29(11-13-30)24(36)17(8-9-20(31)32)27-23(35)18-14-19(39-15-21(33)34)28-22(26-18)16-6-4-3-5-7-16/h3-7,14,17H,2,8-13,15H2,1H3,(H,27,35)(H,31,32)(H,33,34). The molecule has 13 nitrogen and oxygen atoms in total. The molecule has 1 aromatic heterocycles. The zero-order valence-corrected chi connectivity index (χ0v) is 22.1. The zero-order valence-electron chi connectivity index (χ0n) is 21.2. The van der Waals surface area contributed by atoms with Crippen molar-refractivity contribution in [3.8, 4) is 11.4 Å². The second-order valence-corrected chi connectivity index (χ2v) is 9.43. The zero-order chi connectivity index (χ0) is 28.4. The molecule has 14 heteroatoms. The number of carboxylic acid groups (broad SMARTS) is 2. The van der Waals surface area contributed by atoms with Gasteiger partial charge in [-0.3, -0.25) is 19.2 Å². The lowest BCUT2D eigenvalue weighted by Gasteiger charge is -2.35. The van der Waals surface area contributed by atoms with Crippen molar-refractivity contribution in [1.29, 1.82) is 0 Å². The summed E-state index contributed by atoms with van der Waals surface area (Å²) in [7, 11) is 0. The average molecular weight is 560 g/mol. The number of hydrogen-bond donors (Lipinski definition) is 3. The molecule has 0 spiro atoms. The number of benzene rings is 1. The van der Waals surface area contributed by atoms with E-state index in [9.17, 15) is 29.1 Å². The van der Waals surface area contributed by atoms with E-state index in [-0.39, 0.29) is 67.9 Å². The van der Waals surface area contributed by atoms with Crippen molar-refractivity contribution in [3.63, 3.8) is 0 Å². The number of rotatable bonds is 11. The molecule has 3 rings (SSSR count). The van der Waals surface area contributed by atoms with Crippen molar-refractivity contribution >= 4 is 41.6 Å². The van der Waals surface area contributed by atoms with Gasteiger partial charge in [0.25, 0.3) is 5.91 Å². The minimum absolute atomic E-state index is 0.100. The first-order valence-electron chi connectivity index (χ1n) is 12.2. The van der Waals surface area contributed by atoms with Crippen molar-refractivity contribution in [3.05, 3.63) is 42.1 Å². The van der Waals surface area contributed by atoms with E-state index < -0.39 is 35.9 Å². The number of carbonyl (C=O) groups excluding carboxylic acids is 3. The molecule has 1 aliphatic heterocycles. The summed E-state index contributed by atoms with van der Waals surface area (Å²) < 4.78 is 4.99. The maximum Gasteiger partial charge on any atom is 0.409 e. The molecular weight excluding hydrogens is 530 g/mol. The number of aliphatic carboxylic acids is 2. The van der Waals surface area contributed by atoms with Crippen LogP contribution < -0.4 is 5.32 Å². The highest BCUT2D eigenvalue weighted by Gasteiger charge is 2.31. The van der Waals surface area contributed by atoms with Gasteiger partial charge in [-0.05, 0) is 13.3 Å². The largest absolute Gasteiger partial charge is 0.481 e. The molecule has 2 aromatic rings. The highest BCUT2D eigenvalue weighted by atomic mass is 32.2. The predicted octanol–water partition coefficient (Wildman–Crippen LogP) is 1.58. The fourth-order valence-electron chi connectivity index (χ4n) is 3.77. The molecule has 3 amide bonds. The monoisotopic (exact) mass is 559 g/mol. The van der Waals surface area contributed by atoms with Gasteiger partial charge in [0.05, 0.1) is 12.4 Å². The number of thioether (sulfide) groups is 1. The van der Waals surface area contributed by atoms with E-state index in [1.54, 1.807) is 37.3 Å². The second-order valence-electron chi connectivity index (χ2n) is 8.43.